The summed E-state index contributed by atoms with van der Waals surface area (Å²) in [6.07, 6.45) is 0. The second kappa shape index (κ2) is 6.49. The Balaban J connectivity index is 4.95. The van der Waals surface area contributed by atoms with Gasteiger partial charge in [-0.05, 0) is 41.5 Å². The Kier molecular flexibility index (Phi) is 6.25. The number of carbonyl (C=O) groups excluding carboxylic acids is 1. The maximum atomic E-state index is 12.1. The minimum absolute atomic E-state index is 0.234. The lowest BCUT2D eigenvalue weighted by molar-refractivity contribution is -0.143. The summed E-state index contributed by atoms with van der Waals surface area (Å²) in [5.41, 5.74) is -0.597. The maximum absolute atomic E-state index is 12.1. The Morgan fingerprint density at radius 1 is 1.33 bits per heavy atom. The molecule has 0 rings (SSSR count). The Morgan fingerprint density at radius 2 is 1.83 bits per heavy atom. The van der Waals surface area contributed by atoms with Crippen molar-refractivity contribution in [1.29, 1.82) is 0 Å². The van der Waals surface area contributed by atoms with E-state index in [0.717, 1.165) is 4.31 Å². The third-order valence-electron chi connectivity index (χ3n) is 1.91. The van der Waals surface area contributed by atoms with Crippen LogP contribution in [0.5, 0.6) is 0 Å². The van der Waals surface area contributed by atoms with E-state index in [1.807, 2.05) is 0 Å². The van der Waals surface area contributed by atoms with Gasteiger partial charge in [0.05, 0.1) is 6.61 Å². The minimum atomic E-state index is -3.71. The number of ether oxygens (including phenoxy) is 1. The summed E-state index contributed by atoms with van der Waals surface area (Å²) >= 11 is 0. The molecule has 18 heavy (non-hydrogen) atoms. The van der Waals surface area contributed by atoms with Gasteiger partial charge in [-0.3, -0.25) is 4.79 Å². The van der Waals surface area contributed by atoms with Crippen LogP contribution in [-0.4, -0.2) is 43.4 Å². The SMILES string of the molecule is CCOC(=O)CN(C(C)C)S(=O)(=O)NC(C)(C)C. The maximum Gasteiger partial charge on any atom is 0.321 e. The molecular formula is C11H24N2O4S. The van der Waals surface area contributed by atoms with Crippen molar-refractivity contribution in [2.24, 2.45) is 0 Å². The highest BCUT2D eigenvalue weighted by Crippen LogP contribution is 2.10. The topological polar surface area (TPSA) is 75.7 Å². The van der Waals surface area contributed by atoms with Gasteiger partial charge in [-0.25, -0.2) is 0 Å². The second-order valence-corrected chi connectivity index (χ2v) is 6.92. The molecule has 0 radical (unpaired) electrons. The minimum Gasteiger partial charge on any atom is -0.465 e. The summed E-state index contributed by atoms with van der Waals surface area (Å²) < 4.78 is 32.7. The van der Waals surface area contributed by atoms with Gasteiger partial charge in [0.25, 0.3) is 10.2 Å². The average Bonchev–Trinajstić information content (AvgIpc) is 2.09. The summed E-state index contributed by atoms with van der Waals surface area (Å²) in [4.78, 5) is 11.4. The van der Waals surface area contributed by atoms with Crippen molar-refractivity contribution in [2.45, 2.75) is 53.1 Å². The predicted molar refractivity (Wildman–Crippen MR) is 70.3 cm³/mol. The predicted octanol–water partition coefficient (Wildman–Crippen LogP) is 0.893. The van der Waals surface area contributed by atoms with Gasteiger partial charge in [0, 0.05) is 11.6 Å². The highest BCUT2D eigenvalue weighted by molar-refractivity contribution is 7.87. The average molecular weight is 280 g/mol. The Hall–Kier alpha value is -0.660. The Labute approximate surface area is 110 Å². The summed E-state index contributed by atoms with van der Waals surface area (Å²) in [5, 5.41) is 0. The van der Waals surface area contributed by atoms with E-state index in [-0.39, 0.29) is 19.2 Å². The molecule has 0 aliphatic rings. The number of esters is 1. The fraction of sp³-hybridized carbons (Fsp3) is 0.909. The first-order valence-corrected chi connectivity index (χ1v) is 7.40. The fourth-order valence-electron chi connectivity index (χ4n) is 1.32. The first-order chi connectivity index (χ1) is 7.99. The van der Waals surface area contributed by atoms with E-state index in [1.165, 1.54) is 0 Å². The molecule has 0 saturated heterocycles. The number of carbonyl (C=O) groups is 1. The number of hydrogen-bond acceptors (Lipinski definition) is 4. The van der Waals surface area contributed by atoms with E-state index in [4.69, 9.17) is 4.74 Å². The van der Waals surface area contributed by atoms with Crippen LogP contribution < -0.4 is 4.72 Å². The van der Waals surface area contributed by atoms with Gasteiger partial charge in [0.15, 0.2) is 0 Å². The van der Waals surface area contributed by atoms with Gasteiger partial charge >= 0.3 is 5.97 Å². The molecule has 7 heteroatoms. The van der Waals surface area contributed by atoms with E-state index >= 15 is 0 Å². The third kappa shape index (κ3) is 6.32. The van der Waals surface area contributed by atoms with Crippen molar-refractivity contribution in [3.63, 3.8) is 0 Å². The van der Waals surface area contributed by atoms with E-state index in [2.05, 4.69) is 4.72 Å². The normalized spacial score (nSPS) is 13.1. The molecule has 0 aliphatic heterocycles. The molecule has 0 saturated carbocycles. The van der Waals surface area contributed by atoms with Crippen LogP contribution in [0.1, 0.15) is 41.5 Å². The third-order valence-corrected chi connectivity index (χ3v) is 3.95. The van der Waals surface area contributed by atoms with Crippen LogP contribution in [0.3, 0.4) is 0 Å². The molecule has 0 amide bonds. The van der Waals surface area contributed by atoms with E-state index in [0.29, 0.717) is 0 Å². The van der Waals surface area contributed by atoms with E-state index in [9.17, 15) is 13.2 Å². The zero-order valence-electron chi connectivity index (χ0n) is 12.0. The Morgan fingerprint density at radius 3 is 2.17 bits per heavy atom. The van der Waals surface area contributed by atoms with Crippen LogP contribution in [0.25, 0.3) is 0 Å². The first kappa shape index (κ1) is 17.3. The monoisotopic (exact) mass is 280 g/mol. The molecule has 0 heterocycles. The zero-order valence-corrected chi connectivity index (χ0v) is 12.8. The standard InChI is InChI=1S/C11H24N2O4S/c1-7-17-10(14)8-13(9(2)3)18(15,16)12-11(4,5)6/h9,12H,7-8H2,1-6H3. The van der Waals surface area contributed by atoms with Crippen LogP contribution in [-0.2, 0) is 19.7 Å². The van der Waals surface area contributed by atoms with Crippen molar-refractivity contribution in [3.05, 3.63) is 0 Å². The molecular weight excluding hydrogens is 256 g/mol. The molecule has 0 unspecified atom stereocenters. The van der Waals surface area contributed by atoms with Gasteiger partial charge in [0.1, 0.15) is 6.54 Å². The highest BCUT2D eigenvalue weighted by Gasteiger charge is 2.30. The van der Waals surface area contributed by atoms with Crippen molar-refractivity contribution in [1.82, 2.24) is 9.03 Å². The molecule has 0 spiro atoms. The molecule has 6 nitrogen and oxygen atoms in total. The molecule has 0 atom stereocenters. The largest absolute Gasteiger partial charge is 0.465 e. The van der Waals surface area contributed by atoms with E-state index in [1.54, 1.807) is 41.5 Å². The lowest BCUT2D eigenvalue weighted by atomic mass is 10.1. The second-order valence-electron chi connectivity index (χ2n) is 5.30. The zero-order chi connectivity index (χ0) is 14.6. The van der Waals surface area contributed by atoms with Crippen LogP contribution in [0.4, 0.5) is 0 Å². The lowest BCUT2D eigenvalue weighted by Gasteiger charge is -2.29. The molecule has 0 aromatic heterocycles. The summed E-state index contributed by atoms with van der Waals surface area (Å²) in [7, 11) is -3.71. The van der Waals surface area contributed by atoms with Crippen molar-refractivity contribution >= 4 is 16.2 Å². The summed E-state index contributed by atoms with van der Waals surface area (Å²) in [6, 6.07) is -0.325. The molecule has 1 N–H and O–H groups in total. The van der Waals surface area contributed by atoms with Crippen molar-refractivity contribution in [3.8, 4) is 0 Å². The smallest absolute Gasteiger partial charge is 0.321 e. The molecule has 0 fully saturated rings. The van der Waals surface area contributed by atoms with Gasteiger partial charge in [-0.1, -0.05) is 0 Å². The molecule has 0 aliphatic carbocycles. The van der Waals surface area contributed by atoms with Crippen LogP contribution in [0, 0.1) is 0 Å². The lowest BCUT2D eigenvalue weighted by Crippen LogP contribution is -2.52. The van der Waals surface area contributed by atoms with Crippen molar-refractivity contribution in [2.75, 3.05) is 13.2 Å². The quantitative estimate of drug-likeness (QED) is 0.733. The van der Waals surface area contributed by atoms with Crippen LogP contribution in [0.15, 0.2) is 0 Å². The van der Waals surface area contributed by atoms with Gasteiger partial charge in [0.2, 0.25) is 0 Å². The number of nitrogens with one attached hydrogen (secondary N) is 1. The summed E-state index contributed by atoms with van der Waals surface area (Å²) in [5.74, 6) is -0.550. The van der Waals surface area contributed by atoms with Crippen LogP contribution in [0.2, 0.25) is 0 Å². The molecule has 108 valence electrons. The molecule has 0 bridgehead atoms. The van der Waals surface area contributed by atoms with E-state index < -0.39 is 21.7 Å². The highest BCUT2D eigenvalue weighted by atomic mass is 32.2. The first-order valence-electron chi connectivity index (χ1n) is 5.96. The Bertz CT molecular complexity index is 371. The fourth-order valence-corrected chi connectivity index (χ4v) is 3.05. The number of nitrogens with zero attached hydrogens (tertiary/aromatic N) is 1. The number of hydrogen-bond donors (Lipinski definition) is 1. The van der Waals surface area contributed by atoms with Crippen LogP contribution >= 0.6 is 0 Å². The van der Waals surface area contributed by atoms with Crippen molar-refractivity contribution < 1.29 is 17.9 Å². The molecule has 0 aromatic carbocycles. The molecule has 0 aromatic rings. The van der Waals surface area contributed by atoms with Gasteiger partial charge in [-0.2, -0.15) is 17.4 Å². The van der Waals surface area contributed by atoms with Gasteiger partial charge in [-0.15, -0.1) is 0 Å². The number of rotatable bonds is 6. The van der Waals surface area contributed by atoms with Gasteiger partial charge < -0.3 is 4.74 Å². The summed E-state index contributed by atoms with van der Waals surface area (Å²) in [6.45, 7) is 10.3.